The number of aliphatic imine (C=N–C) groups is 1. The third-order valence-corrected chi connectivity index (χ3v) is 5.00. The van der Waals surface area contributed by atoms with E-state index >= 15 is 0 Å². The number of rotatable bonds is 3. The van der Waals surface area contributed by atoms with Crippen molar-refractivity contribution < 1.29 is 14.0 Å². The third-order valence-electron chi connectivity index (χ3n) is 4.43. The van der Waals surface area contributed by atoms with Crippen LogP contribution in [0.25, 0.3) is 0 Å². The zero-order valence-corrected chi connectivity index (χ0v) is 15.0. The molecule has 0 bridgehead atoms. The minimum absolute atomic E-state index is 0.0708. The van der Waals surface area contributed by atoms with Crippen LogP contribution in [0.2, 0.25) is 0 Å². The molecule has 0 aromatic carbocycles. The summed E-state index contributed by atoms with van der Waals surface area (Å²) in [6, 6.07) is 3.57. The number of carbonyl (C=O) groups is 2. The lowest BCUT2D eigenvalue weighted by Gasteiger charge is -2.34. The van der Waals surface area contributed by atoms with Crippen molar-refractivity contribution in [3.63, 3.8) is 0 Å². The first-order chi connectivity index (χ1) is 11.4. The summed E-state index contributed by atoms with van der Waals surface area (Å²) in [6.45, 7) is 0.990. The number of hydrogen-bond donors (Lipinski definition) is 1. The van der Waals surface area contributed by atoms with E-state index in [0.717, 1.165) is 11.5 Å². The van der Waals surface area contributed by atoms with E-state index in [2.05, 4.69) is 10.3 Å². The molecule has 1 spiro atoms. The summed E-state index contributed by atoms with van der Waals surface area (Å²) in [7, 11) is 3.69. The molecule has 2 aliphatic heterocycles. The Morgan fingerprint density at radius 3 is 2.71 bits per heavy atom. The van der Waals surface area contributed by atoms with E-state index in [1.165, 1.54) is 0 Å². The van der Waals surface area contributed by atoms with Gasteiger partial charge in [0.05, 0.1) is 5.75 Å². The highest BCUT2D eigenvalue weighted by atomic mass is 32.2. The monoisotopic (exact) mass is 350 g/mol. The first-order valence-electron chi connectivity index (χ1n) is 7.91. The molecule has 0 atom stereocenters. The normalized spacial score (nSPS) is 19.4. The Morgan fingerprint density at radius 2 is 2.12 bits per heavy atom. The molecular formula is C16H22N4O3S. The molecule has 1 aromatic heterocycles. The number of hydrogen-bond acceptors (Lipinski definition) is 6. The lowest BCUT2D eigenvalue weighted by molar-refractivity contribution is -0.125. The van der Waals surface area contributed by atoms with Crippen LogP contribution in [0.3, 0.4) is 0 Å². The molecule has 130 valence electrons. The van der Waals surface area contributed by atoms with Gasteiger partial charge in [0.15, 0.2) is 5.76 Å². The van der Waals surface area contributed by atoms with E-state index < -0.39 is 5.54 Å². The Hall–Kier alpha value is -1.96. The van der Waals surface area contributed by atoms with Gasteiger partial charge in [-0.25, -0.2) is 4.99 Å². The van der Waals surface area contributed by atoms with Crippen LogP contribution < -0.4 is 5.32 Å². The second-order valence-corrected chi connectivity index (χ2v) is 7.17. The topological polar surface area (TPSA) is 78.2 Å². The average Bonchev–Trinajstić information content (AvgIpc) is 3.14. The summed E-state index contributed by atoms with van der Waals surface area (Å²) in [5.74, 6) is 2.31. The van der Waals surface area contributed by atoms with Gasteiger partial charge in [-0.1, -0.05) is 0 Å². The second kappa shape index (κ2) is 6.51. The molecule has 0 saturated carbocycles. The summed E-state index contributed by atoms with van der Waals surface area (Å²) in [5, 5.41) is 2.82. The van der Waals surface area contributed by atoms with Gasteiger partial charge in [-0.15, -0.1) is 0 Å². The summed E-state index contributed by atoms with van der Waals surface area (Å²) in [5.41, 5.74) is -0.733. The minimum Gasteiger partial charge on any atom is -0.455 e. The Bertz CT molecular complexity index is 675. The fourth-order valence-electron chi connectivity index (χ4n) is 3.00. The Morgan fingerprint density at radius 1 is 1.42 bits per heavy atom. The van der Waals surface area contributed by atoms with Gasteiger partial charge in [-0.2, -0.15) is 11.8 Å². The summed E-state index contributed by atoms with van der Waals surface area (Å²) < 4.78 is 5.60. The first-order valence-corrected chi connectivity index (χ1v) is 9.30. The fourth-order valence-corrected chi connectivity index (χ4v) is 3.44. The average molecular weight is 350 g/mol. The van der Waals surface area contributed by atoms with Gasteiger partial charge in [0.25, 0.3) is 11.8 Å². The number of likely N-dealkylation sites (tertiary alicyclic amines) is 1. The molecule has 7 nitrogen and oxygen atoms in total. The van der Waals surface area contributed by atoms with Gasteiger partial charge in [-0.05, 0) is 31.2 Å². The maximum Gasteiger partial charge on any atom is 0.289 e. The molecule has 3 rings (SSSR count). The number of thioether (sulfide) groups is 1. The van der Waals surface area contributed by atoms with Gasteiger partial charge >= 0.3 is 0 Å². The Labute approximate surface area is 145 Å². The molecule has 2 aliphatic rings. The predicted octanol–water partition coefficient (Wildman–Crippen LogP) is 1.16. The number of nitrogens with one attached hydrogen (secondary N) is 1. The van der Waals surface area contributed by atoms with Gasteiger partial charge in [0.2, 0.25) is 5.96 Å². The Kier molecular flexibility index (Phi) is 4.58. The second-order valence-electron chi connectivity index (χ2n) is 6.31. The van der Waals surface area contributed by atoms with Crippen LogP contribution in [0.4, 0.5) is 0 Å². The summed E-state index contributed by atoms with van der Waals surface area (Å²) in [4.78, 5) is 33.0. The fraction of sp³-hybridized carbons (Fsp3) is 0.562. The number of carbonyl (C=O) groups excluding carboxylic acids is 2. The van der Waals surface area contributed by atoms with Crippen LogP contribution in [-0.2, 0) is 10.5 Å². The largest absolute Gasteiger partial charge is 0.455 e. The van der Waals surface area contributed by atoms with Crippen molar-refractivity contribution in [2.75, 3.05) is 33.4 Å². The van der Waals surface area contributed by atoms with E-state index in [1.54, 1.807) is 27.6 Å². The molecule has 3 heterocycles. The maximum atomic E-state index is 12.6. The molecule has 1 N–H and O–H groups in total. The molecule has 2 amide bonds. The highest BCUT2D eigenvalue weighted by Gasteiger charge is 2.47. The standard InChI is InChI=1S/C16H22N4O3S/c1-19(2)15-17-14(22)16(18-15)6-8-20(9-7-16)13(21)12-5-4-11(23-12)10-24-3/h4-5H,6-10H2,1-3H3,(H,17,18,22). The van der Waals surface area contributed by atoms with Crippen molar-refractivity contribution in [1.82, 2.24) is 15.1 Å². The quantitative estimate of drug-likeness (QED) is 0.885. The molecule has 0 unspecified atom stereocenters. The molecule has 0 aliphatic carbocycles. The van der Waals surface area contributed by atoms with Crippen molar-refractivity contribution in [2.24, 2.45) is 4.99 Å². The van der Waals surface area contributed by atoms with Gasteiger partial charge in [-0.3, -0.25) is 14.9 Å². The molecular weight excluding hydrogens is 328 g/mol. The molecule has 1 saturated heterocycles. The number of furan rings is 1. The van der Waals surface area contributed by atoms with Crippen LogP contribution in [0, 0.1) is 0 Å². The van der Waals surface area contributed by atoms with E-state index in [-0.39, 0.29) is 11.8 Å². The number of amides is 2. The Balaban J connectivity index is 1.66. The summed E-state index contributed by atoms with van der Waals surface area (Å²) in [6.07, 6.45) is 3.05. The minimum atomic E-state index is -0.733. The van der Waals surface area contributed by atoms with E-state index in [0.29, 0.717) is 37.7 Å². The highest BCUT2D eigenvalue weighted by molar-refractivity contribution is 7.97. The van der Waals surface area contributed by atoms with Crippen LogP contribution in [-0.4, -0.2) is 66.6 Å². The van der Waals surface area contributed by atoms with E-state index in [1.807, 2.05) is 26.4 Å². The van der Waals surface area contributed by atoms with E-state index in [9.17, 15) is 9.59 Å². The number of piperidine rings is 1. The van der Waals surface area contributed by atoms with Crippen LogP contribution in [0.1, 0.15) is 29.2 Å². The van der Waals surface area contributed by atoms with Crippen molar-refractivity contribution in [3.05, 3.63) is 23.7 Å². The SMILES string of the molecule is CSCc1ccc(C(=O)N2CCC3(CC2)N=C(N(C)C)NC3=O)o1. The van der Waals surface area contributed by atoms with E-state index in [4.69, 9.17) is 4.42 Å². The highest BCUT2D eigenvalue weighted by Crippen LogP contribution is 2.31. The first kappa shape index (κ1) is 16.9. The molecule has 0 radical (unpaired) electrons. The van der Waals surface area contributed by atoms with Crippen molar-refractivity contribution >= 4 is 29.5 Å². The van der Waals surface area contributed by atoms with Crippen LogP contribution in [0.15, 0.2) is 21.5 Å². The molecule has 1 fully saturated rings. The van der Waals surface area contributed by atoms with Crippen molar-refractivity contribution in [2.45, 2.75) is 24.1 Å². The zero-order valence-electron chi connectivity index (χ0n) is 14.2. The smallest absolute Gasteiger partial charge is 0.289 e. The van der Waals surface area contributed by atoms with Crippen LogP contribution in [0.5, 0.6) is 0 Å². The van der Waals surface area contributed by atoms with Crippen LogP contribution >= 0.6 is 11.8 Å². The number of nitrogens with zero attached hydrogens (tertiary/aromatic N) is 3. The lowest BCUT2D eigenvalue weighted by Crippen LogP contribution is -2.50. The van der Waals surface area contributed by atoms with Crippen molar-refractivity contribution in [3.8, 4) is 0 Å². The predicted molar refractivity (Wildman–Crippen MR) is 93.1 cm³/mol. The molecule has 8 heteroatoms. The van der Waals surface area contributed by atoms with Gasteiger partial charge in [0, 0.05) is 27.2 Å². The van der Waals surface area contributed by atoms with Gasteiger partial charge < -0.3 is 14.2 Å². The third kappa shape index (κ3) is 3.02. The molecule has 1 aromatic rings. The summed E-state index contributed by atoms with van der Waals surface area (Å²) >= 11 is 1.65. The van der Waals surface area contributed by atoms with Gasteiger partial charge in [0.1, 0.15) is 11.3 Å². The zero-order chi connectivity index (χ0) is 17.3. The number of guanidine groups is 1. The molecule has 24 heavy (non-hydrogen) atoms. The lowest BCUT2D eigenvalue weighted by atomic mass is 9.88. The maximum absolute atomic E-state index is 12.6. The van der Waals surface area contributed by atoms with Crippen molar-refractivity contribution in [1.29, 1.82) is 0 Å².